The summed E-state index contributed by atoms with van der Waals surface area (Å²) in [5.41, 5.74) is 1.16. The van der Waals surface area contributed by atoms with E-state index in [2.05, 4.69) is 11.9 Å². The van der Waals surface area contributed by atoms with Crippen LogP contribution in [0.1, 0.15) is 23.8 Å². The number of nitrogens with zero attached hydrogens (tertiary/aromatic N) is 1. The second-order valence-electron chi connectivity index (χ2n) is 4.73. The molecule has 4 nitrogen and oxygen atoms in total. The molecule has 0 unspecified atom stereocenters. The monoisotopic (exact) mass is 313 g/mol. The Morgan fingerprint density at radius 2 is 2.23 bits per heavy atom. The molecule has 0 radical (unpaired) electrons. The topological polar surface area (TPSA) is 47.9 Å². The van der Waals surface area contributed by atoms with E-state index < -0.39 is 5.97 Å². The Morgan fingerprint density at radius 3 is 3.00 bits per heavy atom. The van der Waals surface area contributed by atoms with E-state index in [4.69, 9.17) is 9.47 Å². The van der Waals surface area contributed by atoms with Crippen LogP contribution in [0, 0.1) is 0 Å². The molecule has 1 aromatic heterocycles. The molecule has 0 fully saturated rings. The number of carbonyl (C=O) groups excluding carboxylic acids is 1. The van der Waals surface area contributed by atoms with Crippen molar-refractivity contribution in [2.45, 2.75) is 13.3 Å². The smallest absolute Gasteiger partial charge is 0.363 e. The molecular formula is C17H15NO3S. The lowest BCUT2D eigenvalue weighted by Crippen LogP contribution is -2.03. The number of hydrogen-bond donors (Lipinski definition) is 0. The van der Waals surface area contributed by atoms with Crippen LogP contribution in [0.4, 0.5) is 0 Å². The van der Waals surface area contributed by atoms with E-state index in [0.29, 0.717) is 18.2 Å². The minimum absolute atomic E-state index is 0.302. The van der Waals surface area contributed by atoms with Crippen molar-refractivity contribution in [1.29, 1.82) is 0 Å². The van der Waals surface area contributed by atoms with Gasteiger partial charge >= 0.3 is 5.97 Å². The number of rotatable bonds is 5. The van der Waals surface area contributed by atoms with Crippen molar-refractivity contribution in [2.24, 2.45) is 4.99 Å². The van der Waals surface area contributed by atoms with Crippen LogP contribution in [0.15, 0.2) is 52.5 Å². The minimum Gasteiger partial charge on any atom is -0.494 e. The molecule has 0 saturated carbocycles. The second kappa shape index (κ2) is 6.58. The van der Waals surface area contributed by atoms with Gasteiger partial charge in [-0.25, -0.2) is 9.79 Å². The fraction of sp³-hybridized carbons (Fsp3) is 0.176. The normalized spacial score (nSPS) is 15.8. The first-order chi connectivity index (χ1) is 10.8. The second-order valence-corrected chi connectivity index (χ2v) is 5.68. The highest BCUT2D eigenvalue weighted by molar-refractivity contribution is 7.12. The maximum atomic E-state index is 11.9. The van der Waals surface area contributed by atoms with Crippen molar-refractivity contribution >= 4 is 29.3 Å². The van der Waals surface area contributed by atoms with Crippen molar-refractivity contribution in [3.05, 3.63) is 57.9 Å². The Morgan fingerprint density at radius 1 is 1.32 bits per heavy atom. The zero-order chi connectivity index (χ0) is 15.4. The van der Waals surface area contributed by atoms with E-state index in [-0.39, 0.29) is 0 Å². The van der Waals surface area contributed by atoms with Crippen LogP contribution in [-0.4, -0.2) is 18.5 Å². The van der Waals surface area contributed by atoms with Gasteiger partial charge in [0.15, 0.2) is 5.70 Å². The lowest BCUT2D eigenvalue weighted by molar-refractivity contribution is -0.129. The fourth-order valence-corrected chi connectivity index (χ4v) is 2.64. The number of cyclic esters (lactones) is 1. The number of carbonyl (C=O) groups is 1. The van der Waals surface area contributed by atoms with Crippen molar-refractivity contribution in [1.82, 2.24) is 0 Å². The highest BCUT2D eigenvalue weighted by Gasteiger charge is 2.24. The van der Waals surface area contributed by atoms with Gasteiger partial charge in [0, 0.05) is 0 Å². The van der Waals surface area contributed by atoms with Gasteiger partial charge < -0.3 is 9.47 Å². The fourth-order valence-electron chi connectivity index (χ4n) is 1.99. The molecule has 0 saturated heterocycles. The Bertz CT molecular complexity index is 732. The quantitative estimate of drug-likeness (QED) is 0.621. The zero-order valence-corrected chi connectivity index (χ0v) is 12.9. The highest BCUT2D eigenvalue weighted by Crippen LogP contribution is 2.23. The number of aliphatic imine (C=N–C) groups is 1. The Labute approximate surface area is 132 Å². The van der Waals surface area contributed by atoms with Gasteiger partial charge in [-0.05, 0) is 41.6 Å². The molecule has 0 N–H and O–H groups in total. The summed E-state index contributed by atoms with van der Waals surface area (Å²) in [7, 11) is 0. The van der Waals surface area contributed by atoms with Crippen LogP contribution < -0.4 is 4.74 Å². The molecule has 2 aromatic rings. The van der Waals surface area contributed by atoms with Gasteiger partial charge in [-0.15, -0.1) is 11.3 Å². The number of benzene rings is 1. The van der Waals surface area contributed by atoms with E-state index in [1.54, 1.807) is 6.08 Å². The summed E-state index contributed by atoms with van der Waals surface area (Å²) in [4.78, 5) is 17.0. The first-order valence-corrected chi connectivity index (χ1v) is 7.93. The first kappa shape index (κ1) is 14.5. The SMILES string of the molecule is CCCOc1cccc(/C=C2\N=C(c3cccs3)OC2=O)c1. The first-order valence-electron chi connectivity index (χ1n) is 7.05. The maximum absolute atomic E-state index is 11.9. The zero-order valence-electron chi connectivity index (χ0n) is 12.1. The Hall–Kier alpha value is -2.40. The molecule has 1 aliphatic rings. The van der Waals surface area contributed by atoms with Crippen LogP contribution in [0.25, 0.3) is 6.08 Å². The van der Waals surface area contributed by atoms with Crippen molar-refractivity contribution in [2.75, 3.05) is 6.61 Å². The van der Waals surface area contributed by atoms with Gasteiger partial charge in [0.2, 0.25) is 5.90 Å². The van der Waals surface area contributed by atoms with Crippen molar-refractivity contribution in [3.8, 4) is 5.75 Å². The average Bonchev–Trinajstić information content (AvgIpc) is 3.16. The van der Waals surface area contributed by atoms with Crippen LogP contribution in [0.5, 0.6) is 5.75 Å². The van der Waals surface area contributed by atoms with E-state index >= 15 is 0 Å². The van der Waals surface area contributed by atoms with Crippen LogP contribution >= 0.6 is 11.3 Å². The molecule has 22 heavy (non-hydrogen) atoms. The number of hydrogen-bond acceptors (Lipinski definition) is 5. The molecule has 0 atom stereocenters. The number of thiophene rings is 1. The molecule has 3 rings (SSSR count). The van der Waals surface area contributed by atoms with Gasteiger partial charge in [0.1, 0.15) is 5.75 Å². The lowest BCUT2D eigenvalue weighted by Gasteiger charge is -2.04. The Balaban J connectivity index is 1.84. The van der Waals surface area contributed by atoms with Crippen LogP contribution in [0.2, 0.25) is 0 Å². The largest absolute Gasteiger partial charge is 0.494 e. The average molecular weight is 313 g/mol. The van der Waals surface area contributed by atoms with Gasteiger partial charge in [0.05, 0.1) is 11.5 Å². The molecule has 0 spiro atoms. The van der Waals surface area contributed by atoms with Gasteiger partial charge in [-0.2, -0.15) is 0 Å². The highest BCUT2D eigenvalue weighted by atomic mass is 32.1. The molecule has 1 aliphatic heterocycles. The predicted octanol–water partition coefficient (Wildman–Crippen LogP) is 3.88. The van der Waals surface area contributed by atoms with Crippen molar-refractivity contribution < 1.29 is 14.3 Å². The molecule has 0 aliphatic carbocycles. The maximum Gasteiger partial charge on any atom is 0.363 e. The summed E-state index contributed by atoms with van der Waals surface area (Å²) in [6, 6.07) is 11.3. The number of esters is 1. The molecule has 112 valence electrons. The van der Waals surface area contributed by atoms with E-state index in [9.17, 15) is 4.79 Å². The van der Waals surface area contributed by atoms with Crippen LogP contribution in [-0.2, 0) is 9.53 Å². The number of ether oxygens (including phenoxy) is 2. The van der Waals surface area contributed by atoms with Gasteiger partial charge in [-0.3, -0.25) is 0 Å². The van der Waals surface area contributed by atoms with E-state index in [1.165, 1.54) is 11.3 Å². The van der Waals surface area contributed by atoms with Gasteiger partial charge in [-0.1, -0.05) is 25.1 Å². The molecule has 1 aromatic carbocycles. The summed E-state index contributed by atoms with van der Waals surface area (Å²) in [6.07, 6.45) is 2.66. The molecular weight excluding hydrogens is 298 g/mol. The third kappa shape index (κ3) is 3.26. The predicted molar refractivity (Wildman–Crippen MR) is 87.2 cm³/mol. The van der Waals surface area contributed by atoms with E-state index in [1.807, 2.05) is 41.8 Å². The molecule has 2 heterocycles. The van der Waals surface area contributed by atoms with Crippen LogP contribution in [0.3, 0.4) is 0 Å². The summed E-state index contributed by atoms with van der Waals surface area (Å²) >= 11 is 1.49. The van der Waals surface area contributed by atoms with E-state index in [0.717, 1.165) is 22.6 Å². The third-order valence-corrected chi connectivity index (χ3v) is 3.84. The summed E-state index contributed by atoms with van der Waals surface area (Å²) in [6.45, 7) is 2.73. The minimum atomic E-state index is -0.428. The molecule has 0 amide bonds. The summed E-state index contributed by atoms with van der Waals surface area (Å²) in [5.74, 6) is 0.720. The third-order valence-electron chi connectivity index (χ3n) is 2.99. The standard InChI is InChI=1S/C17H15NO3S/c1-2-8-20-13-6-3-5-12(10-13)11-14-17(19)21-16(18-14)15-7-4-9-22-15/h3-7,9-11H,2,8H2,1H3/b14-11-. The van der Waals surface area contributed by atoms with Crippen molar-refractivity contribution in [3.63, 3.8) is 0 Å². The molecule has 0 bridgehead atoms. The summed E-state index contributed by atoms with van der Waals surface area (Å²) in [5, 5.41) is 1.92. The Kier molecular flexibility index (Phi) is 4.34. The summed E-state index contributed by atoms with van der Waals surface area (Å²) < 4.78 is 10.8. The molecule has 5 heteroatoms. The van der Waals surface area contributed by atoms with Gasteiger partial charge in [0.25, 0.3) is 0 Å². The lowest BCUT2D eigenvalue weighted by atomic mass is 10.2.